The van der Waals surface area contributed by atoms with Gasteiger partial charge in [0.25, 0.3) is 0 Å². The van der Waals surface area contributed by atoms with E-state index in [1.54, 1.807) is 18.2 Å². The van der Waals surface area contributed by atoms with Crippen molar-refractivity contribution in [1.82, 2.24) is 0 Å². The van der Waals surface area contributed by atoms with Crippen molar-refractivity contribution in [3.05, 3.63) is 70.4 Å². The minimum absolute atomic E-state index is 0.106. The highest BCUT2D eigenvalue weighted by molar-refractivity contribution is 7.95. The molecule has 0 aliphatic rings. The maximum absolute atomic E-state index is 12.9. The number of sulfone groups is 1. The van der Waals surface area contributed by atoms with Crippen molar-refractivity contribution in [3.8, 4) is 6.07 Å². The van der Waals surface area contributed by atoms with E-state index in [2.05, 4.69) is 0 Å². The van der Waals surface area contributed by atoms with Crippen LogP contribution in [0.25, 0.3) is 6.08 Å². The van der Waals surface area contributed by atoms with Crippen LogP contribution in [0.2, 0.25) is 0 Å². The number of rotatable bonds is 3. The van der Waals surface area contributed by atoms with E-state index < -0.39 is 15.7 Å². The SMILES string of the molecule is Cc1ccccc1/C=C(\C#N)S(=O)(=O)c1ccc(F)cc1. The molecule has 5 heteroatoms. The van der Waals surface area contributed by atoms with E-state index in [0.29, 0.717) is 5.56 Å². The molecule has 2 rings (SSSR count). The zero-order valence-corrected chi connectivity index (χ0v) is 12.1. The molecular weight excluding hydrogens is 289 g/mol. The molecule has 0 atom stereocenters. The Morgan fingerprint density at radius 3 is 2.33 bits per heavy atom. The molecule has 0 unspecified atom stereocenters. The lowest BCUT2D eigenvalue weighted by atomic mass is 10.1. The van der Waals surface area contributed by atoms with Gasteiger partial charge in [-0.3, -0.25) is 0 Å². The third-order valence-electron chi connectivity index (χ3n) is 3.00. The van der Waals surface area contributed by atoms with Crippen LogP contribution in [0.5, 0.6) is 0 Å². The number of allylic oxidation sites excluding steroid dienone is 1. The van der Waals surface area contributed by atoms with Gasteiger partial charge in [-0.2, -0.15) is 5.26 Å². The standard InChI is InChI=1S/C16H12FNO2S/c1-12-4-2-3-5-13(12)10-16(11-18)21(19,20)15-8-6-14(17)7-9-15/h2-10H,1H3/b16-10+. The number of hydrogen-bond donors (Lipinski definition) is 0. The first-order chi connectivity index (χ1) is 9.95. The summed E-state index contributed by atoms with van der Waals surface area (Å²) in [6, 6.07) is 13.2. The zero-order valence-electron chi connectivity index (χ0n) is 11.2. The Morgan fingerprint density at radius 2 is 1.76 bits per heavy atom. The summed E-state index contributed by atoms with van der Waals surface area (Å²) in [5.74, 6) is -0.532. The Balaban J connectivity index is 2.53. The molecular formula is C16H12FNO2S. The number of nitriles is 1. The Hall–Kier alpha value is -2.45. The molecule has 0 spiro atoms. The van der Waals surface area contributed by atoms with Gasteiger partial charge in [-0.25, -0.2) is 12.8 Å². The first-order valence-electron chi connectivity index (χ1n) is 6.13. The summed E-state index contributed by atoms with van der Waals surface area (Å²) in [4.78, 5) is -0.478. The monoisotopic (exact) mass is 301 g/mol. The highest BCUT2D eigenvalue weighted by Crippen LogP contribution is 2.22. The molecule has 0 saturated carbocycles. The van der Waals surface area contributed by atoms with E-state index in [-0.39, 0.29) is 9.80 Å². The van der Waals surface area contributed by atoms with Gasteiger partial charge in [0.05, 0.1) is 4.90 Å². The normalized spacial score (nSPS) is 12.0. The van der Waals surface area contributed by atoms with Crippen LogP contribution >= 0.6 is 0 Å². The summed E-state index contributed by atoms with van der Waals surface area (Å²) >= 11 is 0. The predicted octanol–water partition coefficient (Wildman–Crippen LogP) is 3.47. The molecule has 0 aliphatic carbocycles. The Kier molecular flexibility index (Phi) is 4.20. The van der Waals surface area contributed by atoms with E-state index in [1.165, 1.54) is 6.08 Å². The van der Waals surface area contributed by atoms with E-state index in [9.17, 15) is 12.8 Å². The minimum Gasteiger partial charge on any atom is -0.218 e. The van der Waals surface area contributed by atoms with Gasteiger partial charge in [0, 0.05) is 0 Å². The van der Waals surface area contributed by atoms with Crippen LogP contribution in [0.1, 0.15) is 11.1 Å². The largest absolute Gasteiger partial charge is 0.218 e. The second-order valence-corrected chi connectivity index (χ2v) is 6.35. The average Bonchev–Trinajstić information content (AvgIpc) is 2.46. The van der Waals surface area contributed by atoms with Gasteiger partial charge in [-0.15, -0.1) is 0 Å². The molecule has 0 radical (unpaired) electrons. The fourth-order valence-corrected chi connectivity index (χ4v) is 2.95. The molecule has 2 aromatic rings. The fraction of sp³-hybridized carbons (Fsp3) is 0.0625. The van der Waals surface area contributed by atoms with Crippen molar-refractivity contribution >= 4 is 15.9 Å². The van der Waals surface area contributed by atoms with E-state index in [0.717, 1.165) is 29.8 Å². The molecule has 3 nitrogen and oxygen atoms in total. The van der Waals surface area contributed by atoms with Gasteiger partial charge in [0.2, 0.25) is 9.84 Å². The highest BCUT2D eigenvalue weighted by atomic mass is 32.2. The summed E-state index contributed by atoms with van der Waals surface area (Å²) in [5, 5.41) is 9.16. The van der Waals surface area contributed by atoms with Crippen molar-refractivity contribution in [2.24, 2.45) is 0 Å². The molecule has 0 aromatic heterocycles. The van der Waals surface area contributed by atoms with Gasteiger partial charge in [-0.05, 0) is 48.4 Å². The van der Waals surface area contributed by atoms with Crippen LogP contribution in [-0.2, 0) is 9.84 Å². The van der Waals surface area contributed by atoms with Crippen LogP contribution in [0, 0.1) is 24.1 Å². The molecule has 0 amide bonds. The lowest BCUT2D eigenvalue weighted by molar-refractivity contribution is 0.601. The van der Waals surface area contributed by atoms with Crippen molar-refractivity contribution in [2.45, 2.75) is 11.8 Å². The van der Waals surface area contributed by atoms with Gasteiger partial charge in [0.1, 0.15) is 16.8 Å². The fourth-order valence-electron chi connectivity index (χ4n) is 1.80. The molecule has 2 aromatic carbocycles. The Bertz CT molecular complexity index is 831. The second kappa shape index (κ2) is 5.90. The molecule has 0 heterocycles. The lowest BCUT2D eigenvalue weighted by Gasteiger charge is -2.04. The first-order valence-corrected chi connectivity index (χ1v) is 7.61. The Morgan fingerprint density at radius 1 is 1.14 bits per heavy atom. The zero-order chi connectivity index (χ0) is 15.5. The number of benzene rings is 2. The van der Waals surface area contributed by atoms with E-state index >= 15 is 0 Å². The summed E-state index contributed by atoms with van der Waals surface area (Å²) in [7, 11) is -3.95. The van der Waals surface area contributed by atoms with Gasteiger partial charge in [-0.1, -0.05) is 24.3 Å². The molecule has 0 N–H and O–H groups in total. The van der Waals surface area contributed by atoms with Crippen LogP contribution in [-0.4, -0.2) is 8.42 Å². The average molecular weight is 301 g/mol. The van der Waals surface area contributed by atoms with Crippen LogP contribution in [0.15, 0.2) is 58.3 Å². The summed E-state index contributed by atoms with van der Waals surface area (Å²) in [5.41, 5.74) is 1.51. The van der Waals surface area contributed by atoms with E-state index in [1.807, 2.05) is 19.1 Å². The molecule has 0 aliphatic heterocycles. The molecule has 106 valence electrons. The van der Waals surface area contributed by atoms with Gasteiger partial charge < -0.3 is 0 Å². The predicted molar refractivity (Wildman–Crippen MR) is 78.4 cm³/mol. The topological polar surface area (TPSA) is 57.9 Å². The lowest BCUT2D eigenvalue weighted by Crippen LogP contribution is -2.03. The summed E-state index contributed by atoms with van der Waals surface area (Å²) in [6.07, 6.45) is 1.33. The third-order valence-corrected chi connectivity index (χ3v) is 4.68. The third kappa shape index (κ3) is 3.18. The number of aryl methyl sites for hydroxylation is 1. The minimum atomic E-state index is -3.95. The maximum Gasteiger partial charge on any atom is 0.216 e. The van der Waals surface area contributed by atoms with Gasteiger partial charge >= 0.3 is 0 Å². The van der Waals surface area contributed by atoms with E-state index in [4.69, 9.17) is 5.26 Å². The molecule has 0 fully saturated rings. The van der Waals surface area contributed by atoms with Crippen LogP contribution < -0.4 is 0 Å². The number of halogens is 1. The summed E-state index contributed by atoms with van der Waals surface area (Å²) in [6.45, 7) is 1.82. The Labute approximate surface area is 122 Å². The van der Waals surface area contributed by atoms with Crippen molar-refractivity contribution in [3.63, 3.8) is 0 Å². The first kappa shape index (κ1) is 14.9. The maximum atomic E-state index is 12.9. The smallest absolute Gasteiger partial charge is 0.216 e. The second-order valence-electron chi connectivity index (χ2n) is 4.43. The molecule has 21 heavy (non-hydrogen) atoms. The van der Waals surface area contributed by atoms with Crippen LogP contribution in [0.3, 0.4) is 0 Å². The number of nitrogens with zero attached hydrogens (tertiary/aromatic N) is 1. The number of hydrogen-bond acceptors (Lipinski definition) is 3. The highest BCUT2D eigenvalue weighted by Gasteiger charge is 2.20. The molecule has 0 bridgehead atoms. The molecule has 0 saturated heterocycles. The summed E-state index contributed by atoms with van der Waals surface area (Å²) < 4.78 is 37.6. The van der Waals surface area contributed by atoms with Crippen molar-refractivity contribution < 1.29 is 12.8 Å². The van der Waals surface area contributed by atoms with Crippen molar-refractivity contribution in [2.75, 3.05) is 0 Å². The van der Waals surface area contributed by atoms with Crippen LogP contribution in [0.4, 0.5) is 4.39 Å². The quantitative estimate of drug-likeness (QED) is 0.644. The van der Waals surface area contributed by atoms with Crippen molar-refractivity contribution in [1.29, 1.82) is 5.26 Å². The van der Waals surface area contributed by atoms with Gasteiger partial charge in [0.15, 0.2) is 0 Å².